The van der Waals surface area contributed by atoms with E-state index in [-0.39, 0.29) is 12.2 Å². The molecule has 0 unspecified atom stereocenters. The lowest BCUT2D eigenvalue weighted by Gasteiger charge is -2.03. The van der Waals surface area contributed by atoms with Crippen LogP contribution >= 0.6 is 11.3 Å². The molecule has 0 bridgehead atoms. The summed E-state index contributed by atoms with van der Waals surface area (Å²) in [6, 6.07) is 0. The lowest BCUT2D eigenvalue weighted by atomic mass is 10.2. The van der Waals surface area contributed by atoms with E-state index in [9.17, 15) is 9.59 Å². The average Bonchev–Trinajstić information content (AvgIpc) is 2.76. The number of aryl methyl sites for hydroxylation is 2. The number of carbonyl (C=O) groups excluding carboxylic acids is 1. The SMILES string of the molecule is CCOC(=O)c1sc2ncn(CCCO)c(=O)c2c1C. The molecule has 1 N–H and O–H groups in total. The number of carbonyl (C=O) groups is 1. The van der Waals surface area contributed by atoms with Gasteiger partial charge in [-0.05, 0) is 25.8 Å². The molecule has 0 aliphatic heterocycles. The quantitative estimate of drug-likeness (QED) is 0.842. The molecule has 20 heavy (non-hydrogen) atoms. The predicted octanol–water partition coefficient (Wildman–Crippen LogP) is 1.33. The third kappa shape index (κ3) is 2.59. The lowest BCUT2D eigenvalue weighted by Crippen LogP contribution is -2.21. The number of esters is 1. The highest BCUT2D eigenvalue weighted by atomic mass is 32.1. The molecule has 0 radical (unpaired) electrons. The van der Waals surface area contributed by atoms with Crippen LogP contribution in [0.15, 0.2) is 11.1 Å². The van der Waals surface area contributed by atoms with Crippen LogP contribution in [-0.4, -0.2) is 33.8 Å². The van der Waals surface area contributed by atoms with E-state index in [0.717, 1.165) is 0 Å². The summed E-state index contributed by atoms with van der Waals surface area (Å²) in [6.45, 7) is 4.18. The molecule has 2 aromatic rings. The van der Waals surface area contributed by atoms with Crippen LogP contribution in [0.3, 0.4) is 0 Å². The van der Waals surface area contributed by atoms with Crippen LogP contribution in [0.1, 0.15) is 28.6 Å². The second-order valence-corrected chi connectivity index (χ2v) is 5.28. The van der Waals surface area contributed by atoms with Crippen LogP contribution in [0.2, 0.25) is 0 Å². The minimum absolute atomic E-state index is 0.0151. The number of ether oxygens (including phenoxy) is 1. The minimum atomic E-state index is -0.422. The highest BCUT2D eigenvalue weighted by molar-refractivity contribution is 7.20. The van der Waals surface area contributed by atoms with E-state index in [0.29, 0.717) is 40.2 Å². The van der Waals surface area contributed by atoms with E-state index in [1.54, 1.807) is 13.8 Å². The van der Waals surface area contributed by atoms with Gasteiger partial charge in [0.1, 0.15) is 9.71 Å². The highest BCUT2D eigenvalue weighted by Gasteiger charge is 2.20. The molecular weight excluding hydrogens is 280 g/mol. The third-order valence-electron chi connectivity index (χ3n) is 2.94. The maximum absolute atomic E-state index is 12.3. The van der Waals surface area contributed by atoms with E-state index in [2.05, 4.69) is 4.98 Å². The van der Waals surface area contributed by atoms with Crippen LogP contribution in [0.5, 0.6) is 0 Å². The first-order valence-electron chi connectivity index (χ1n) is 6.36. The molecule has 2 aromatic heterocycles. The zero-order valence-electron chi connectivity index (χ0n) is 11.4. The predicted molar refractivity (Wildman–Crippen MR) is 76.3 cm³/mol. The van der Waals surface area contributed by atoms with Gasteiger partial charge < -0.3 is 9.84 Å². The summed E-state index contributed by atoms with van der Waals surface area (Å²) < 4.78 is 6.43. The summed E-state index contributed by atoms with van der Waals surface area (Å²) in [4.78, 5) is 29.3. The molecule has 108 valence electrons. The van der Waals surface area contributed by atoms with Gasteiger partial charge in [0.05, 0.1) is 18.3 Å². The molecule has 0 fully saturated rings. The number of rotatable bonds is 5. The number of thiophene rings is 1. The first-order chi connectivity index (χ1) is 9.60. The molecule has 0 amide bonds. The monoisotopic (exact) mass is 296 g/mol. The van der Waals surface area contributed by atoms with E-state index in [1.165, 1.54) is 22.2 Å². The first kappa shape index (κ1) is 14.7. The third-order valence-corrected chi connectivity index (χ3v) is 4.12. The minimum Gasteiger partial charge on any atom is -0.462 e. The Bertz CT molecular complexity index is 689. The highest BCUT2D eigenvalue weighted by Crippen LogP contribution is 2.27. The van der Waals surface area contributed by atoms with Gasteiger partial charge in [0, 0.05) is 13.2 Å². The first-order valence-corrected chi connectivity index (χ1v) is 7.18. The number of fused-ring (bicyclic) bond motifs is 1. The van der Waals surface area contributed by atoms with Crippen LogP contribution < -0.4 is 5.56 Å². The van der Waals surface area contributed by atoms with Crippen molar-refractivity contribution in [3.8, 4) is 0 Å². The standard InChI is InChI=1S/C13H16N2O4S/c1-3-19-13(18)10-8(2)9-11(20-10)14-7-15(12(9)17)5-4-6-16/h7,16H,3-6H2,1-2H3. The molecule has 0 aliphatic rings. The van der Waals surface area contributed by atoms with Crippen molar-refractivity contribution >= 4 is 27.5 Å². The molecule has 0 saturated heterocycles. The van der Waals surface area contributed by atoms with Gasteiger partial charge in [0.25, 0.3) is 5.56 Å². The number of hydrogen-bond donors (Lipinski definition) is 1. The Morgan fingerprint density at radius 3 is 2.95 bits per heavy atom. The van der Waals surface area contributed by atoms with Crippen LogP contribution in [0, 0.1) is 6.92 Å². The molecule has 0 atom stereocenters. The van der Waals surface area contributed by atoms with Crippen molar-refractivity contribution in [3.05, 3.63) is 27.1 Å². The Balaban J connectivity index is 2.52. The van der Waals surface area contributed by atoms with Crippen molar-refractivity contribution in [1.29, 1.82) is 0 Å². The zero-order chi connectivity index (χ0) is 14.7. The Morgan fingerprint density at radius 2 is 2.30 bits per heavy atom. The van der Waals surface area contributed by atoms with E-state index in [4.69, 9.17) is 9.84 Å². The molecular formula is C13H16N2O4S. The topological polar surface area (TPSA) is 81.4 Å². The Morgan fingerprint density at radius 1 is 1.55 bits per heavy atom. The maximum atomic E-state index is 12.3. The molecule has 7 heteroatoms. The fourth-order valence-corrected chi connectivity index (χ4v) is 2.98. The zero-order valence-corrected chi connectivity index (χ0v) is 12.2. The van der Waals surface area contributed by atoms with Crippen LogP contribution in [-0.2, 0) is 11.3 Å². The van der Waals surface area contributed by atoms with Crippen molar-refractivity contribution in [2.75, 3.05) is 13.2 Å². The molecule has 0 aromatic carbocycles. The van der Waals surface area contributed by atoms with Gasteiger partial charge in [0.15, 0.2) is 0 Å². The lowest BCUT2D eigenvalue weighted by molar-refractivity contribution is 0.0531. The summed E-state index contributed by atoms with van der Waals surface area (Å²) in [6.07, 6.45) is 1.94. The fourth-order valence-electron chi connectivity index (χ4n) is 1.95. The van der Waals surface area contributed by atoms with Gasteiger partial charge >= 0.3 is 5.97 Å². The number of aliphatic hydroxyl groups excluding tert-OH is 1. The van der Waals surface area contributed by atoms with Crippen LogP contribution in [0.25, 0.3) is 10.2 Å². The number of hydrogen-bond acceptors (Lipinski definition) is 6. The second-order valence-electron chi connectivity index (χ2n) is 4.28. The second kappa shape index (κ2) is 6.15. The fraction of sp³-hybridized carbons (Fsp3) is 0.462. The summed E-state index contributed by atoms with van der Waals surface area (Å²) in [7, 11) is 0. The number of aromatic nitrogens is 2. The molecule has 6 nitrogen and oxygen atoms in total. The van der Waals surface area contributed by atoms with Crippen molar-refractivity contribution < 1.29 is 14.6 Å². The number of aliphatic hydroxyl groups is 1. The van der Waals surface area contributed by atoms with Gasteiger partial charge in [-0.2, -0.15) is 0 Å². The van der Waals surface area contributed by atoms with Gasteiger partial charge in [-0.1, -0.05) is 0 Å². The largest absolute Gasteiger partial charge is 0.462 e. The Labute approximate surface area is 119 Å². The molecule has 0 saturated carbocycles. The number of nitrogens with zero attached hydrogens (tertiary/aromatic N) is 2. The maximum Gasteiger partial charge on any atom is 0.348 e. The molecule has 0 spiro atoms. The van der Waals surface area contributed by atoms with Gasteiger partial charge in [-0.25, -0.2) is 9.78 Å². The average molecular weight is 296 g/mol. The smallest absolute Gasteiger partial charge is 0.348 e. The molecule has 0 aliphatic carbocycles. The normalized spacial score (nSPS) is 10.9. The van der Waals surface area contributed by atoms with Crippen LogP contribution in [0.4, 0.5) is 0 Å². The van der Waals surface area contributed by atoms with Gasteiger partial charge in [-0.3, -0.25) is 9.36 Å². The summed E-state index contributed by atoms with van der Waals surface area (Å²) in [5, 5.41) is 9.28. The summed E-state index contributed by atoms with van der Waals surface area (Å²) >= 11 is 1.17. The Kier molecular flexibility index (Phi) is 4.51. The van der Waals surface area contributed by atoms with Gasteiger partial charge in [-0.15, -0.1) is 11.3 Å². The summed E-state index contributed by atoms with van der Waals surface area (Å²) in [5.74, 6) is -0.422. The van der Waals surface area contributed by atoms with Gasteiger partial charge in [0.2, 0.25) is 0 Å². The summed E-state index contributed by atoms with van der Waals surface area (Å²) in [5.41, 5.74) is 0.423. The van der Waals surface area contributed by atoms with Crippen molar-refractivity contribution in [2.24, 2.45) is 0 Å². The van der Waals surface area contributed by atoms with E-state index >= 15 is 0 Å². The Hall–Kier alpha value is -1.73. The van der Waals surface area contributed by atoms with Crippen molar-refractivity contribution in [3.63, 3.8) is 0 Å². The molecule has 2 heterocycles. The molecule has 2 rings (SSSR count). The van der Waals surface area contributed by atoms with E-state index in [1.807, 2.05) is 0 Å². The van der Waals surface area contributed by atoms with Crippen molar-refractivity contribution in [2.45, 2.75) is 26.8 Å². The van der Waals surface area contributed by atoms with Crippen molar-refractivity contribution in [1.82, 2.24) is 9.55 Å². The van der Waals surface area contributed by atoms with E-state index < -0.39 is 5.97 Å².